The number of halogens is 1. The van der Waals surface area contributed by atoms with Gasteiger partial charge in [0.25, 0.3) is 5.91 Å². The van der Waals surface area contributed by atoms with Crippen LogP contribution in [0.4, 0.5) is 4.39 Å². The first-order chi connectivity index (χ1) is 14.4. The Morgan fingerprint density at radius 2 is 1.93 bits per heavy atom. The Bertz CT molecular complexity index is 1110. The minimum Gasteiger partial charge on any atom is -0.379 e. The Balaban J connectivity index is 1.56. The van der Waals surface area contributed by atoms with Gasteiger partial charge in [-0.15, -0.1) is 11.3 Å². The van der Waals surface area contributed by atoms with Gasteiger partial charge in [-0.1, -0.05) is 18.2 Å². The molecule has 1 aliphatic heterocycles. The van der Waals surface area contributed by atoms with E-state index in [2.05, 4.69) is 10.3 Å². The van der Waals surface area contributed by atoms with Crippen LogP contribution in [-0.4, -0.2) is 49.9 Å². The molecule has 2 N–H and O–H groups in total. The predicted molar refractivity (Wildman–Crippen MR) is 110 cm³/mol. The molecule has 0 aliphatic carbocycles. The van der Waals surface area contributed by atoms with Crippen LogP contribution in [0.2, 0.25) is 0 Å². The van der Waals surface area contributed by atoms with Gasteiger partial charge in [0.05, 0.1) is 19.3 Å². The number of ether oxygens (including phenoxy) is 1. The third-order valence-electron chi connectivity index (χ3n) is 4.82. The predicted octanol–water partition coefficient (Wildman–Crippen LogP) is 2.76. The van der Waals surface area contributed by atoms with Crippen LogP contribution in [0, 0.1) is 5.82 Å². The highest BCUT2D eigenvalue weighted by molar-refractivity contribution is 7.89. The van der Waals surface area contributed by atoms with E-state index < -0.39 is 22.0 Å². The lowest BCUT2D eigenvalue weighted by Gasteiger charge is -2.25. The number of hydrogen-bond acceptors (Lipinski definition) is 5. The van der Waals surface area contributed by atoms with Crippen molar-refractivity contribution in [1.29, 1.82) is 0 Å². The molecule has 2 aromatic heterocycles. The number of carbonyl (C=O) groups is 1. The van der Waals surface area contributed by atoms with Crippen molar-refractivity contribution >= 4 is 27.3 Å². The topological polar surface area (TPSA) is 91.5 Å². The number of H-pyrrole nitrogens is 1. The molecule has 30 heavy (non-hydrogen) atoms. The van der Waals surface area contributed by atoms with Gasteiger partial charge in [-0.2, -0.15) is 4.31 Å². The summed E-state index contributed by atoms with van der Waals surface area (Å²) >= 11 is 1.46. The second-order valence-corrected chi connectivity index (χ2v) is 9.66. The molecular weight excluding hydrogens is 429 g/mol. The molecule has 1 aliphatic rings. The van der Waals surface area contributed by atoms with E-state index in [1.807, 2.05) is 17.5 Å². The van der Waals surface area contributed by atoms with Gasteiger partial charge in [-0.25, -0.2) is 12.8 Å². The molecule has 1 saturated heterocycles. The SMILES string of the molecule is O=C(NC(c1ccc(F)cc1)c1cccs1)c1cc(S(=O)(=O)N2CCOCC2)c[nH]1. The molecular formula is C20H20FN3O4S2. The molecule has 1 unspecified atom stereocenters. The first-order valence-electron chi connectivity index (χ1n) is 9.31. The lowest BCUT2D eigenvalue weighted by atomic mass is 10.1. The van der Waals surface area contributed by atoms with Crippen LogP contribution >= 0.6 is 11.3 Å². The van der Waals surface area contributed by atoms with Gasteiger partial charge in [-0.3, -0.25) is 4.79 Å². The summed E-state index contributed by atoms with van der Waals surface area (Å²) in [4.78, 5) is 16.5. The third-order valence-corrected chi connectivity index (χ3v) is 7.63. The fourth-order valence-electron chi connectivity index (χ4n) is 3.23. The first kappa shape index (κ1) is 20.7. The number of morpholine rings is 1. The summed E-state index contributed by atoms with van der Waals surface area (Å²) in [6.45, 7) is 1.24. The number of benzene rings is 1. The van der Waals surface area contributed by atoms with Crippen molar-refractivity contribution in [2.24, 2.45) is 0 Å². The zero-order chi connectivity index (χ0) is 21.1. The van der Waals surface area contributed by atoms with Crippen molar-refractivity contribution in [3.63, 3.8) is 0 Å². The van der Waals surface area contributed by atoms with Gasteiger partial charge < -0.3 is 15.0 Å². The summed E-state index contributed by atoms with van der Waals surface area (Å²) in [7, 11) is -3.70. The maximum absolute atomic E-state index is 13.3. The molecule has 1 fully saturated rings. The maximum Gasteiger partial charge on any atom is 0.268 e. The van der Waals surface area contributed by atoms with Crippen molar-refractivity contribution in [2.45, 2.75) is 10.9 Å². The van der Waals surface area contributed by atoms with E-state index in [1.54, 1.807) is 12.1 Å². The van der Waals surface area contributed by atoms with Crippen LogP contribution in [0.5, 0.6) is 0 Å². The third kappa shape index (κ3) is 4.31. The van der Waals surface area contributed by atoms with Crippen molar-refractivity contribution in [1.82, 2.24) is 14.6 Å². The fourth-order valence-corrected chi connectivity index (χ4v) is 5.43. The van der Waals surface area contributed by atoms with Gasteiger partial charge in [0, 0.05) is 24.2 Å². The molecule has 0 bridgehead atoms. The first-order valence-corrected chi connectivity index (χ1v) is 11.6. The summed E-state index contributed by atoms with van der Waals surface area (Å²) in [6, 6.07) is 10.5. The molecule has 0 spiro atoms. The number of hydrogen-bond donors (Lipinski definition) is 2. The van der Waals surface area contributed by atoms with Crippen molar-refractivity contribution < 1.29 is 22.3 Å². The average molecular weight is 450 g/mol. The molecule has 1 aromatic carbocycles. The number of thiophene rings is 1. The van der Waals surface area contributed by atoms with Crippen LogP contribution in [0.3, 0.4) is 0 Å². The van der Waals surface area contributed by atoms with Gasteiger partial charge >= 0.3 is 0 Å². The average Bonchev–Trinajstić information content (AvgIpc) is 3.46. The maximum atomic E-state index is 13.3. The molecule has 3 aromatic rings. The summed E-state index contributed by atoms with van der Waals surface area (Å²) in [5.74, 6) is -0.821. The van der Waals surface area contributed by atoms with Gasteiger partial charge in [0.1, 0.15) is 16.4 Å². The number of amides is 1. The number of rotatable bonds is 6. The van der Waals surface area contributed by atoms with E-state index in [-0.39, 0.29) is 29.5 Å². The Morgan fingerprint density at radius 3 is 2.60 bits per heavy atom. The van der Waals surface area contributed by atoms with Crippen molar-refractivity contribution in [3.05, 3.63) is 76.0 Å². The normalized spacial score (nSPS) is 16.3. The van der Waals surface area contributed by atoms with E-state index >= 15 is 0 Å². The highest BCUT2D eigenvalue weighted by Gasteiger charge is 2.28. The number of aromatic nitrogens is 1. The number of nitrogens with one attached hydrogen (secondary N) is 2. The Hall–Kier alpha value is -2.53. The van der Waals surface area contributed by atoms with Crippen molar-refractivity contribution in [3.8, 4) is 0 Å². The zero-order valence-electron chi connectivity index (χ0n) is 15.9. The number of carbonyl (C=O) groups excluding carboxylic acids is 1. The lowest BCUT2D eigenvalue weighted by molar-refractivity contribution is 0.0730. The van der Waals surface area contributed by atoms with E-state index in [4.69, 9.17) is 4.74 Å². The van der Waals surface area contributed by atoms with E-state index in [0.717, 1.165) is 10.4 Å². The Morgan fingerprint density at radius 1 is 1.20 bits per heavy atom. The van der Waals surface area contributed by atoms with Crippen LogP contribution in [0.25, 0.3) is 0 Å². The fraction of sp³-hybridized carbons (Fsp3) is 0.250. The van der Waals surface area contributed by atoms with Crippen LogP contribution < -0.4 is 5.32 Å². The van der Waals surface area contributed by atoms with Gasteiger partial charge in [0.15, 0.2) is 0 Å². The summed E-state index contributed by atoms with van der Waals surface area (Å²) in [6.07, 6.45) is 1.32. The quantitative estimate of drug-likeness (QED) is 0.605. The smallest absolute Gasteiger partial charge is 0.268 e. The van der Waals surface area contributed by atoms with Crippen molar-refractivity contribution in [2.75, 3.05) is 26.3 Å². The number of sulfonamides is 1. The number of nitrogens with zero attached hydrogens (tertiary/aromatic N) is 1. The molecule has 1 atom stereocenters. The summed E-state index contributed by atoms with van der Waals surface area (Å²) in [5.41, 5.74) is 0.852. The Kier molecular flexibility index (Phi) is 6.00. The molecule has 3 heterocycles. The number of aromatic amines is 1. The zero-order valence-corrected chi connectivity index (χ0v) is 17.5. The monoisotopic (exact) mass is 449 g/mol. The molecule has 0 radical (unpaired) electrons. The lowest BCUT2D eigenvalue weighted by Crippen LogP contribution is -2.40. The summed E-state index contributed by atoms with van der Waals surface area (Å²) in [5, 5.41) is 4.79. The van der Waals surface area contributed by atoms with E-state index in [1.165, 1.54) is 40.0 Å². The minimum atomic E-state index is -3.70. The molecule has 158 valence electrons. The molecule has 10 heteroatoms. The standard InChI is InChI=1S/C20H20FN3O4S2/c21-15-5-3-14(4-6-15)19(18-2-1-11-29-18)23-20(25)17-12-16(13-22-17)30(26,27)24-7-9-28-10-8-24/h1-6,11-13,19,22H,7-10H2,(H,23,25). The second-order valence-electron chi connectivity index (χ2n) is 6.74. The Labute approximate surface area is 177 Å². The summed E-state index contributed by atoms with van der Waals surface area (Å²) < 4.78 is 45.4. The van der Waals surface area contributed by atoms with Crippen LogP contribution in [0.15, 0.2) is 58.9 Å². The van der Waals surface area contributed by atoms with Gasteiger partial charge in [0.2, 0.25) is 10.0 Å². The largest absolute Gasteiger partial charge is 0.379 e. The second kappa shape index (κ2) is 8.68. The van der Waals surface area contributed by atoms with E-state index in [9.17, 15) is 17.6 Å². The van der Waals surface area contributed by atoms with Crippen LogP contribution in [-0.2, 0) is 14.8 Å². The molecule has 7 nitrogen and oxygen atoms in total. The minimum absolute atomic E-state index is 0.0315. The highest BCUT2D eigenvalue weighted by atomic mass is 32.2. The van der Waals surface area contributed by atoms with E-state index in [0.29, 0.717) is 13.2 Å². The van der Waals surface area contributed by atoms with Crippen LogP contribution in [0.1, 0.15) is 27.0 Å². The molecule has 0 saturated carbocycles. The molecule has 4 rings (SSSR count). The highest BCUT2D eigenvalue weighted by Crippen LogP contribution is 2.27. The van der Waals surface area contributed by atoms with Gasteiger partial charge in [-0.05, 0) is 35.2 Å². The molecule has 1 amide bonds.